The number of rotatable bonds is 7. The van der Waals surface area contributed by atoms with Gasteiger partial charge in [0, 0.05) is 24.7 Å². The molecule has 1 fully saturated rings. The summed E-state index contributed by atoms with van der Waals surface area (Å²) in [6.07, 6.45) is 5.93. The van der Waals surface area contributed by atoms with Gasteiger partial charge < -0.3 is 19.4 Å². The molecule has 1 aliphatic rings. The van der Waals surface area contributed by atoms with Crippen LogP contribution in [0.25, 0.3) is 0 Å². The number of anilines is 1. The largest absolute Gasteiger partial charge is 0.472 e. The van der Waals surface area contributed by atoms with Crippen molar-refractivity contribution in [2.45, 2.75) is 32.6 Å². The summed E-state index contributed by atoms with van der Waals surface area (Å²) >= 11 is 0. The van der Waals surface area contributed by atoms with Gasteiger partial charge in [0.15, 0.2) is 0 Å². The maximum absolute atomic E-state index is 12.5. The highest BCUT2D eigenvalue weighted by Gasteiger charge is 2.28. The summed E-state index contributed by atoms with van der Waals surface area (Å²) in [5, 5.41) is 2.89. The second-order valence-corrected chi connectivity index (χ2v) is 7.13. The van der Waals surface area contributed by atoms with Gasteiger partial charge in [0.05, 0.1) is 24.0 Å². The molecule has 1 aliphatic heterocycles. The van der Waals surface area contributed by atoms with Crippen LogP contribution in [0, 0.1) is 5.92 Å². The Morgan fingerprint density at radius 1 is 1.10 bits per heavy atom. The van der Waals surface area contributed by atoms with Crippen molar-refractivity contribution in [2.24, 2.45) is 5.92 Å². The average molecular weight is 398 g/mol. The number of hydrogen-bond donors (Lipinski definition) is 1. The standard InChI is InChI=1S/C22H26N2O5/c1-2-3-13-29-22(27)17-4-6-19(7-5-17)23-20(25)16-8-11-24(12-9-16)21(26)18-10-14-28-15-18/h4-7,10,14-16H,2-3,8-9,11-13H2,1H3,(H,23,25). The van der Waals surface area contributed by atoms with Gasteiger partial charge in [-0.05, 0) is 49.6 Å². The smallest absolute Gasteiger partial charge is 0.338 e. The van der Waals surface area contributed by atoms with Gasteiger partial charge >= 0.3 is 5.97 Å². The van der Waals surface area contributed by atoms with Crippen molar-refractivity contribution in [1.82, 2.24) is 4.90 Å². The van der Waals surface area contributed by atoms with Gasteiger partial charge in [0.1, 0.15) is 6.26 Å². The van der Waals surface area contributed by atoms with E-state index in [1.54, 1.807) is 35.2 Å². The monoisotopic (exact) mass is 398 g/mol. The van der Waals surface area contributed by atoms with Crippen LogP contribution >= 0.6 is 0 Å². The number of carbonyl (C=O) groups is 3. The minimum atomic E-state index is -0.356. The Kier molecular flexibility index (Phi) is 7.05. The molecule has 0 unspecified atom stereocenters. The molecule has 7 heteroatoms. The molecule has 1 aromatic carbocycles. The fourth-order valence-electron chi connectivity index (χ4n) is 3.24. The second-order valence-electron chi connectivity index (χ2n) is 7.13. The molecule has 0 bridgehead atoms. The summed E-state index contributed by atoms with van der Waals surface area (Å²) in [4.78, 5) is 38.5. The van der Waals surface area contributed by atoms with Gasteiger partial charge in [-0.25, -0.2) is 4.79 Å². The highest BCUT2D eigenvalue weighted by molar-refractivity contribution is 5.95. The minimum Gasteiger partial charge on any atom is -0.472 e. The number of nitrogens with zero attached hydrogens (tertiary/aromatic N) is 1. The highest BCUT2D eigenvalue weighted by Crippen LogP contribution is 2.21. The first-order chi connectivity index (χ1) is 14.1. The number of unbranched alkanes of at least 4 members (excludes halogenated alkanes) is 1. The van der Waals surface area contributed by atoms with E-state index in [4.69, 9.17) is 9.15 Å². The fraction of sp³-hybridized carbons (Fsp3) is 0.409. The van der Waals surface area contributed by atoms with Crippen LogP contribution in [0.5, 0.6) is 0 Å². The molecule has 1 N–H and O–H groups in total. The molecular weight excluding hydrogens is 372 g/mol. The van der Waals surface area contributed by atoms with Crippen LogP contribution in [0.3, 0.4) is 0 Å². The zero-order valence-corrected chi connectivity index (χ0v) is 16.6. The SMILES string of the molecule is CCCCOC(=O)c1ccc(NC(=O)C2CCN(C(=O)c3ccoc3)CC2)cc1. The summed E-state index contributed by atoms with van der Waals surface area (Å²) in [5.41, 5.74) is 1.63. The Balaban J connectivity index is 1.47. The van der Waals surface area contributed by atoms with E-state index in [0.717, 1.165) is 12.8 Å². The molecule has 0 aliphatic carbocycles. The maximum Gasteiger partial charge on any atom is 0.338 e. The van der Waals surface area contributed by atoms with Crippen LogP contribution in [0.15, 0.2) is 47.3 Å². The maximum atomic E-state index is 12.5. The first kappa shape index (κ1) is 20.6. The number of furan rings is 1. The van der Waals surface area contributed by atoms with E-state index in [0.29, 0.717) is 49.4 Å². The second kappa shape index (κ2) is 9.91. The molecule has 2 aromatic rings. The summed E-state index contributed by atoms with van der Waals surface area (Å²) in [6.45, 7) is 3.51. The molecule has 154 valence electrons. The van der Waals surface area contributed by atoms with Crippen molar-refractivity contribution in [3.05, 3.63) is 54.0 Å². The van der Waals surface area contributed by atoms with Crippen LogP contribution in [-0.4, -0.2) is 42.4 Å². The summed E-state index contributed by atoms with van der Waals surface area (Å²) in [7, 11) is 0. The summed E-state index contributed by atoms with van der Waals surface area (Å²) in [6, 6.07) is 8.34. The zero-order chi connectivity index (χ0) is 20.6. The van der Waals surface area contributed by atoms with E-state index >= 15 is 0 Å². The Morgan fingerprint density at radius 3 is 2.45 bits per heavy atom. The summed E-state index contributed by atoms with van der Waals surface area (Å²) < 4.78 is 10.1. The van der Waals surface area contributed by atoms with Crippen LogP contribution < -0.4 is 5.32 Å². The van der Waals surface area contributed by atoms with Gasteiger partial charge in [-0.15, -0.1) is 0 Å². The van der Waals surface area contributed by atoms with Crippen LogP contribution in [0.4, 0.5) is 5.69 Å². The van der Waals surface area contributed by atoms with Crippen molar-refractivity contribution in [3.63, 3.8) is 0 Å². The Bertz CT molecular complexity index is 821. The molecule has 1 aromatic heterocycles. The third-order valence-electron chi connectivity index (χ3n) is 5.04. The molecule has 2 amide bonds. The molecule has 1 saturated heterocycles. The molecule has 0 saturated carbocycles. The Hall–Kier alpha value is -3.09. The van der Waals surface area contributed by atoms with E-state index in [9.17, 15) is 14.4 Å². The van der Waals surface area contributed by atoms with Gasteiger partial charge in [-0.1, -0.05) is 13.3 Å². The van der Waals surface area contributed by atoms with Crippen molar-refractivity contribution in [2.75, 3.05) is 25.0 Å². The lowest BCUT2D eigenvalue weighted by atomic mass is 9.95. The number of piperidine rings is 1. The topological polar surface area (TPSA) is 88.9 Å². The normalized spacial score (nSPS) is 14.4. The third-order valence-corrected chi connectivity index (χ3v) is 5.04. The number of ether oxygens (including phenoxy) is 1. The van der Waals surface area contributed by atoms with Crippen LogP contribution in [0.1, 0.15) is 53.3 Å². The number of hydrogen-bond acceptors (Lipinski definition) is 5. The molecule has 3 rings (SSSR count). The molecule has 0 atom stereocenters. The molecule has 0 spiro atoms. The average Bonchev–Trinajstić information content (AvgIpc) is 3.29. The predicted octanol–water partition coefficient (Wildman–Crippen LogP) is 3.73. The minimum absolute atomic E-state index is 0.0704. The van der Waals surface area contributed by atoms with Crippen molar-refractivity contribution in [1.29, 1.82) is 0 Å². The molecule has 29 heavy (non-hydrogen) atoms. The number of esters is 1. The Labute approximate surface area is 170 Å². The number of amides is 2. The van der Waals surface area contributed by atoms with Crippen LogP contribution in [-0.2, 0) is 9.53 Å². The van der Waals surface area contributed by atoms with Crippen molar-refractivity contribution in [3.8, 4) is 0 Å². The third kappa shape index (κ3) is 5.47. The van der Waals surface area contributed by atoms with E-state index in [1.165, 1.54) is 12.5 Å². The fourth-order valence-corrected chi connectivity index (χ4v) is 3.24. The van der Waals surface area contributed by atoms with Crippen molar-refractivity contribution >= 4 is 23.5 Å². The number of carbonyl (C=O) groups excluding carboxylic acids is 3. The van der Waals surface area contributed by atoms with Crippen LogP contribution in [0.2, 0.25) is 0 Å². The zero-order valence-electron chi connectivity index (χ0n) is 16.6. The van der Waals surface area contributed by atoms with E-state index in [1.807, 2.05) is 6.92 Å². The highest BCUT2D eigenvalue weighted by atomic mass is 16.5. The molecule has 2 heterocycles. The number of likely N-dealkylation sites (tertiary alicyclic amines) is 1. The van der Waals surface area contributed by atoms with Gasteiger partial charge in [0.25, 0.3) is 5.91 Å². The molecule has 7 nitrogen and oxygen atoms in total. The first-order valence-corrected chi connectivity index (χ1v) is 9.98. The van der Waals surface area contributed by atoms with Gasteiger partial charge in [-0.2, -0.15) is 0 Å². The Morgan fingerprint density at radius 2 is 1.83 bits per heavy atom. The quantitative estimate of drug-likeness (QED) is 0.567. The van der Waals surface area contributed by atoms with Crippen molar-refractivity contribution < 1.29 is 23.5 Å². The van der Waals surface area contributed by atoms with Gasteiger partial charge in [0.2, 0.25) is 5.91 Å². The molecule has 0 radical (unpaired) electrons. The summed E-state index contributed by atoms with van der Waals surface area (Å²) in [5.74, 6) is -0.647. The lowest BCUT2D eigenvalue weighted by molar-refractivity contribution is -0.121. The van der Waals surface area contributed by atoms with E-state index < -0.39 is 0 Å². The molecular formula is C22H26N2O5. The lowest BCUT2D eigenvalue weighted by Gasteiger charge is -2.31. The van der Waals surface area contributed by atoms with E-state index in [2.05, 4.69) is 5.32 Å². The number of nitrogens with one attached hydrogen (secondary N) is 1. The predicted molar refractivity (Wildman–Crippen MR) is 108 cm³/mol. The van der Waals surface area contributed by atoms with E-state index in [-0.39, 0.29) is 23.7 Å². The first-order valence-electron chi connectivity index (χ1n) is 9.98. The van der Waals surface area contributed by atoms with Gasteiger partial charge in [-0.3, -0.25) is 9.59 Å². The lowest BCUT2D eigenvalue weighted by Crippen LogP contribution is -2.41. The number of benzene rings is 1.